The van der Waals surface area contributed by atoms with Crippen LogP contribution in [0.5, 0.6) is 0 Å². The van der Waals surface area contributed by atoms with Crippen molar-refractivity contribution in [2.24, 2.45) is 5.73 Å². The Kier molecular flexibility index (Phi) is 2.47. The summed E-state index contributed by atoms with van der Waals surface area (Å²) in [5.74, 6) is 0.776. The van der Waals surface area contributed by atoms with E-state index in [1.165, 1.54) is 0 Å². The third-order valence-corrected chi connectivity index (χ3v) is 2.20. The lowest BCUT2D eigenvalue weighted by molar-refractivity contribution is 0.866. The van der Waals surface area contributed by atoms with Crippen molar-refractivity contribution in [1.29, 1.82) is 0 Å². The molecule has 0 atom stereocenters. The molecule has 2 aromatic rings. The first-order chi connectivity index (χ1) is 6.83. The monoisotopic (exact) mass is 208 g/mol. The number of imidazole rings is 1. The summed E-state index contributed by atoms with van der Waals surface area (Å²) < 4.78 is 1.85. The van der Waals surface area contributed by atoms with Gasteiger partial charge < -0.3 is 10.3 Å². The summed E-state index contributed by atoms with van der Waals surface area (Å²) in [5, 5.41) is 0.584. The number of rotatable bonds is 2. The first-order valence-corrected chi connectivity index (χ1v) is 4.53. The van der Waals surface area contributed by atoms with Crippen molar-refractivity contribution in [3.05, 3.63) is 41.7 Å². The molecule has 2 aromatic heterocycles. The highest BCUT2D eigenvalue weighted by molar-refractivity contribution is 6.32. The van der Waals surface area contributed by atoms with E-state index in [4.69, 9.17) is 17.3 Å². The lowest BCUT2D eigenvalue weighted by Gasteiger charge is -2.07. The van der Waals surface area contributed by atoms with E-state index in [2.05, 4.69) is 9.97 Å². The van der Waals surface area contributed by atoms with E-state index in [0.29, 0.717) is 11.6 Å². The topological polar surface area (TPSA) is 56.7 Å². The van der Waals surface area contributed by atoms with Gasteiger partial charge in [-0.1, -0.05) is 11.6 Å². The Hall–Kier alpha value is -1.39. The molecule has 0 aromatic carbocycles. The van der Waals surface area contributed by atoms with E-state index in [1.54, 1.807) is 18.6 Å². The molecular weight excluding hydrogens is 200 g/mol. The first kappa shape index (κ1) is 9.18. The van der Waals surface area contributed by atoms with Gasteiger partial charge in [0.25, 0.3) is 0 Å². The lowest BCUT2D eigenvalue weighted by Crippen LogP contribution is -2.06. The van der Waals surface area contributed by atoms with Crippen molar-refractivity contribution in [1.82, 2.24) is 14.5 Å². The largest absolute Gasteiger partial charge is 0.324 e. The fraction of sp³-hybridized carbons (Fsp3) is 0.111. The van der Waals surface area contributed by atoms with Crippen molar-refractivity contribution < 1.29 is 0 Å². The van der Waals surface area contributed by atoms with Crippen LogP contribution in [0.15, 0.2) is 30.9 Å². The minimum Gasteiger partial charge on any atom is -0.324 e. The summed E-state index contributed by atoms with van der Waals surface area (Å²) in [6.45, 7) is 0.381. The third-order valence-electron chi connectivity index (χ3n) is 1.91. The maximum Gasteiger partial charge on any atom is 0.127 e. The van der Waals surface area contributed by atoms with Crippen LogP contribution in [0.1, 0.15) is 5.82 Å². The fourth-order valence-corrected chi connectivity index (χ4v) is 1.48. The zero-order chi connectivity index (χ0) is 9.97. The number of halogens is 1. The summed E-state index contributed by atoms with van der Waals surface area (Å²) in [7, 11) is 0. The Morgan fingerprint density at radius 2 is 2.29 bits per heavy atom. The summed E-state index contributed by atoms with van der Waals surface area (Å²) in [6, 6.07) is 1.82. The second kappa shape index (κ2) is 3.77. The molecule has 0 radical (unpaired) electrons. The van der Waals surface area contributed by atoms with Crippen LogP contribution in [0.3, 0.4) is 0 Å². The van der Waals surface area contributed by atoms with Gasteiger partial charge in [0, 0.05) is 24.8 Å². The zero-order valence-corrected chi connectivity index (χ0v) is 8.15. The lowest BCUT2D eigenvalue weighted by atomic mass is 10.4. The van der Waals surface area contributed by atoms with Gasteiger partial charge in [0.15, 0.2) is 0 Å². The van der Waals surface area contributed by atoms with Gasteiger partial charge in [-0.05, 0) is 6.07 Å². The standard InChI is InChI=1S/C9H9ClN4/c10-7-6-12-2-1-8(7)14-4-3-13-9(14)5-11/h1-4,6H,5,11H2. The highest BCUT2D eigenvalue weighted by Gasteiger charge is 2.05. The molecule has 0 fully saturated rings. The van der Waals surface area contributed by atoms with E-state index in [-0.39, 0.29) is 0 Å². The van der Waals surface area contributed by atoms with Gasteiger partial charge >= 0.3 is 0 Å². The number of aromatic nitrogens is 3. The van der Waals surface area contributed by atoms with E-state index >= 15 is 0 Å². The third kappa shape index (κ3) is 1.49. The van der Waals surface area contributed by atoms with Crippen LogP contribution in [0, 0.1) is 0 Å². The average molecular weight is 209 g/mol. The van der Waals surface area contributed by atoms with Crippen LogP contribution >= 0.6 is 11.6 Å². The van der Waals surface area contributed by atoms with Crippen LogP contribution in [0.2, 0.25) is 5.02 Å². The van der Waals surface area contributed by atoms with E-state index < -0.39 is 0 Å². The molecule has 0 aliphatic carbocycles. The minimum atomic E-state index is 0.381. The Balaban J connectivity index is 2.54. The molecule has 0 unspecified atom stereocenters. The number of hydrogen-bond donors (Lipinski definition) is 1. The second-order valence-corrected chi connectivity index (χ2v) is 3.15. The van der Waals surface area contributed by atoms with Gasteiger partial charge in [0.05, 0.1) is 17.3 Å². The molecule has 5 heteroatoms. The summed E-state index contributed by atoms with van der Waals surface area (Å²) in [5.41, 5.74) is 6.39. The molecule has 0 spiro atoms. The molecule has 0 saturated carbocycles. The van der Waals surface area contributed by atoms with E-state index in [9.17, 15) is 0 Å². The Labute approximate surface area is 86.4 Å². The smallest absolute Gasteiger partial charge is 0.127 e. The number of nitrogens with zero attached hydrogens (tertiary/aromatic N) is 3. The fourth-order valence-electron chi connectivity index (χ4n) is 1.27. The summed E-state index contributed by atoms with van der Waals surface area (Å²) >= 11 is 5.99. The maximum atomic E-state index is 5.99. The molecule has 14 heavy (non-hydrogen) atoms. The summed E-state index contributed by atoms with van der Waals surface area (Å²) in [6.07, 6.45) is 6.79. The molecule has 2 heterocycles. The number of hydrogen-bond acceptors (Lipinski definition) is 3. The van der Waals surface area contributed by atoms with Gasteiger partial charge in [-0.3, -0.25) is 4.98 Å². The van der Waals surface area contributed by atoms with Crippen LogP contribution in [0.4, 0.5) is 0 Å². The predicted octanol–water partition coefficient (Wildman–Crippen LogP) is 1.38. The van der Waals surface area contributed by atoms with Crippen molar-refractivity contribution in [2.75, 3.05) is 0 Å². The van der Waals surface area contributed by atoms with Gasteiger partial charge in [-0.25, -0.2) is 4.98 Å². The van der Waals surface area contributed by atoms with Gasteiger partial charge in [-0.15, -0.1) is 0 Å². The minimum absolute atomic E-state index is 0.381. The van der Waals surface area contributed by atoms with Gasteiger partial charge in [-0.2, -0.15) is 0 Å². The SMILES string of the molecule is NCc1nccn1-c1ccncc1Cl. The van der Waals surface area contributed by atoms with E-state index in [0.717, 1.165) is 11.5 Å². The predicted molar refractivity (Wildman–Crippen MR) is 54.3 cm³/mol. The van der Waals surface area contributed by atoms with Crippen LogP contribution in [-0.2, 0) is 6.54 Å². The van der Waals surface area contributed by atoms with Crippen LogP contribution in [0.25, 0.3) is 5.69 Å². The molecule has 0 aliphatic heterocycles. The Bertz CT molecular complexity index is 438. The second-order valence-electron chi connectivity index (χ2n) is 2.74. The van der Waals surface area contributed by atoms with Gasteiger partial charge in [0.2, 0.25) is 0 Å². The molecule has 0 bridgehead atoms. The molecular formula is C9H9ClN4. The Morgan fingerprint density at radius 3 is 3.00 bits per heavy atom. The van der Waals surface area contributed by atoms with Crippen molar-refractivity contribution in [2.45, 2.75) is 6.54 Å². The van der Waals surface area contributed by atoms with Crippen molar-refractivity contribution >= 4 is 11.6 Å². The average Bonchev–Trinajstić information content (AvgIpc) is 2.66. The molecule has 0 saturated heterocycles. The van der Waals surface area contributed by atoms with Gasteiger partial charge in [0.1, 0.15) is 5.82 Å². The molecule has 2 rings (SSSR count). The van der Waals surface area contributed by atoms with E-state index in [1.807, 2.05) is 16.8 Å². The summed E-state index contributed by atoms with van der Waals surface area (Å²) in [4.78, 5) is 8.02. The Morgan fingerprint density at radius 1 is 1.43 bits per heavy atom. The number of nitrogens with two attached hydrogens (primary N) is 1. The maximum absolute atomic E-state index is 5.99. The van der Waals surface area contributed by atoms with Crippen LogP contribution < -0.4 is 5.73 Å². The quantitative estimate of drug-likeness (QED) is 0.811. The highest BCUT2D eigenvalue weighted by Crippen LogP contribution is 2.19. The van der Waals surface area contributed by atoms with Crippen molar-refractivity contribution in [3.8, 4) is 5.69 Å². The number of pyridine rings is 1. The zero-order valence-electron chi connectivity index (χ0n) is 7.39. The molecule has 4 nitrogen and oxygen atoms in total. The molecule has 0 aliphatic rings. The normalized spacial score (nSPS) is 10.4. The first-order valence-electron chi connectivity index (χ1n) is 4.15. The highest BCUT2D eigenvalue weighted by atomic mass is 35.5. The van der Waals surface area contributed by atoms with Crippen molar-refractivity contribution in [3.63, 3.8) is 0 Å². The molecule has 2 N–H and O–H groups in total. The molecule has 0 amide bonds. The van der Waals surface area contributed by atoms with Crippen LogP contribution in [-0.4, -0.2) is 14.5 Å². The molecule has 72 valence electrons.